The van der Waals surface area contributed by atoms with Gasteiger partial charge in [0.1, 0.15) is 0 Å². The molecule has 0 spiro atoms. The van der Waals surface area contributed by atoms with E-state index in [-0.39, 0.29) is 0 Å². The molecular weight excluding hydrogens is 220 g/mol. The van der Waals surface area contributed by atoms with Crippen LogP contribution in [0.15, 0.2) is 48.8 Å². The Labute approximate surface area is 108 Å². The third kappa shape index (κ3) is 2.29. The fourth-order valence-corrected chi connectivity index (χ4v) is 2.76. The van der Waals surface area contributed by atoms with E-state index < -0.39 is 0 Å². The minimum absolute atomic E-state index is 0.359. The smallest absolute Gasteiger partial charge is 0.0315 e. The van der Waals surface area contributed by atoms with Crippen LogP contribution in [0.4, 0.5) is 0 Å². The summed E-state index contributed by atoms with van der Waals surface area (Å²) in [7, 11) is 0. The maximum atomic E-state index is 4.18. The molecule has 0 amide bonds. The minimum atomic E-state index is 0.359. The van der Waals surface area contributed by atoms with Crippen molar-refractivity contribution >= 4 is 0 Å². The Hall–Kier alpha value is -1.67. The first-order valence-electron chi connectivity index (χ1n) is 6.55. The summed E-state index contributed by atoms with van der Waals surface area (Å²) >= 11 is 0. The molecule has 3 rings (SSSR count). The molecule has 0 bridgehead atoms. The van der Waals surface area contributed by atoms with Crippen molar-refractivity contribution in [2.24, 2.45) is 0 Å². The maximum Gasteiger partial charge on any atom is 0.0315 e. The molecule has 0 fully saturated rings. The molecule has 1 aromatic heterocycles. The van der Waals surface area contributed by atoms with E-state index in [0.717, 1.165) is 12.8 Å². The van der Waals surface area contributed by atoms with Crippen molar-refractivity contribution in [2.75, 3.05) is 0 Å². The molecule has 2 nitrogen and oxygen atoms in total. The van der Waals surface area contributed by atoms with Gasteiger partial charge >= 0.3 is 0 Å². The monoisotopic (exact) mass is 238 g/mol. The summed E-state index contributed by atoms with van der Waals surface area (Å²) < 4.78 is 0. The third-order valence-electron chi connectivity index (χ3n) is 3.72. The number of fused-ring (bicyclic) bond motifs is 1. The van der Waals surface area contributed by atoms with Crippen LogP contribution >= 0.6 is 0 Å². The molecule has 0 aliphatic heterocycles. The van der Waals surface area contributed by atoms with Gasteiger partial charge in [0.05, 0.1) is 0 Å². The lowest BCUT2D eigenvalue weighted by atomic mass is 10.1. The molecule has 92 valence electrons. The van der Waals surface area contributed by atoms with Gasteiger partial charge in [-0.3, -0.25) is 4.98 Å². The van der Waals surface area contributed by atoms with Gasteiger partial charge in [0.15, 0.2) is 0 Å². The number of hydrogen-bond acceptors (Lipinski definition) is 2. The maximum absolute atomic E-state index is 4.18. The van der Waals surface area contributed by atoms with E-state index in [9.17, 15) is 0 Å². The van der Waals surface area contributed by atoms with Crippen LogP contribution in [-0.4, -0.2) is 11.0 Å². The molecular formula is C16H18N2. The Morgan fingerprint density at radius 2 is 1.83 bits per heavy atom. The molecule has 1 aliphatic carbocycles. The molecule has 1 heterocycles. The second-order valence-electron chi connectivity index (χ2n) is 5.05. The van der Waals surface area contributed by atoms with Gasteiger partial charge in [-0.15, -0.1) is 0 Å². The van der Waals surface area contributed by atoms with E-state index in [1.165, 1.54) is 16.7 Å². The number of nitrogens with zero attached hydrogens (tertiary/aromatic N) is 1. The van der Waals surface area contributed by atoms with Crippen molar-refractivity contribution in [3.63, 3.8) is 0 Å². The van der Waals surface area contributed by atoms with E-state index in [0.29, 0.717) is 12.1 Å². The van der Waals surface area contributed by atoms with Crippen molar-refractivity contribution in [1.82, 2.24) is 10.3 Å². The van der Waals surface area contributed by atoms with Gasteiger partial charge in [0, 0.05) is 24.5 Å². The molecule has 0 saturated carbocycles. The molecule has 1 atom stereocenters. The van der Waals surface area contributed by atoms with E-state index >= 15 is 0 Å². The number of pyridine rings is 1. The number of benzene rings is 1. The van der Waals surface area contributed by atoms with Crippen molar-refractivity contribution in [3.8, 4) is 0 Å². The van der Waals surface area contributed by atoms with Crippen LogP contribution in [0.3, 0.4) is 0 Å². The highest BCUT2D eigenvalue weighted by Crippen LogP contribution is 2.23. The van der Waals surface area contributed by atoms with Gasteiger partial charge in [-0.05, 0) is 42.5 Å². The summed E-state index contributed by atoms with van der Waals surface area (Å²) in [5, 5.41) is 3.70. The number of aromatic nitrogens is 1. The molecule has 2 aromatic rings. The van der Waals surface area contributed by atoms with Crippen LogP contribution in [0, 0.1) is 0 Å². The van der Waals surface area contributed by atoms with Gasteiger partial charge in [-0.25, -0.2) is 0 Å². The van der Waals surface area contributed by atoms with Crippen molar-refractivity contribution in [2.45, 2.75) is 31.8 Å². The molecule has 1 aliphatic rings. The summed E-state index contributed by atoms with van der Waals surface area (Å²) in [5.74, 6) is 0. The average Bonchev–Trinajstić information content (AvgIpc) is 2.82. The summed E-state index contributed by atoms with van der Waals surface area (Å²) in [6, 6.07) is 13.8. The van der Waals surface area contributed by atoms with Crippen LogP contribution in [0.5, 0.6) is 0 Å². The average molecular weight is 238 g/mol. The predicted molar refractivity (Wildman–Crippen MR) is 73.4 cm³/mol. The minimum Gasteiger partial charge on any atom is -0.307 e. The van der Waals surface area contributed by atoms with E-state index in [1.54, 1.807) is 0 Å². The largest absolute Gasteiger partial charge is 0.307 e. The van der Waals surface area contributed by atoms with E-state index in [2.05, 4.69) is 47.6 Å². The summed E-state index contributed by atoms with van der Waals surface area (Å²) in [6.45, 7) is 2.21. The van der Waals surface area contributed by atoms with Crippen molar-refractivity contribution in [1.29, 1.82) is 0 Å². The summed E-state index contributed by atoms with van der Waals surface area (Å²) in [6.07, 6.45) is 6.04. The molecule has 0 saturated heterocycles. The summed E-state index contributed by atoms with van der Waals surface area (Å²) in [5.41, 5.74) is 4.25. The number of hydrogen-bond donors (Lipinski definition) is 1. The lowest BCUT2D eigenvalue weighted by Crippen LogP contribution is -2.32. The highest BCUT2D eigenvalue weighted by molar-refractivity contribution is 5.33. The van der Waals surface area contributed by atoms with Crippen LogP contribution in [-0.2, 0) is 12.8 Å². The second-order valence-corrected chi connectivity index (χ2v) is 5.05. The molecule has 0 radical (unpaired) electrons. The summed E-state index contributed by atoms with van der Waals surface area (Å²) in [4.78, 5) is 4.18. The highest BCUT2D eigenvalue weighted by Gasteiger charge is 2.22. The van der Waals surface area contributed by atoms with E-state index in [1.807, 2.05) is 18.5 Å². The molecule has 0 unspecified atom stereocenters. The van der Waals surface area contributed by atoms with Crippen molar-refractivity contribution < 1.29 is 0 Å². The first-order valence-corrected chi connectivity index (χ1v) is 6.55. The van der Waals surface area contributed by atoms with Gasteiger partial charge in [-0.2, -0.15) is 0 Å². The predicted octanol–water partition coefficient (Wildman–Crippen LogP) is 2.90. The van der Waals surface area contributed by atoms with Crippen molar-refractivity contribution in [3.05, 3.63) is 65.5 Å². The number of rotatable bonds is 3. The lowest BCUT2D eigenvalue weighted by Gasteiger charge is -2.19. The Kier molecular flexibility index (Phi) is 3.11. The molecule has 1 aromatic carbocycles. The topological polar surface area (TPSA) is 24.9 Å². The highest BCUT2D eigenvalue weighted by atomic mass is 14.9. The first-order chi connectivity index (χ1) is 8.83. The normalized spacial score (nSPS) is 16.5. The second kappa shape index (κ2) is 4.91. The fraction of sp³-hybridized carbons (Fsp3) is 0.312. The Morgan fingerprint density at radius 1 is 1.11 bits per heavy atom. The zero-order valence-corrected chi connectivity index (χ0v) is 10.6. The Balaban J connectivity index is 1.66. The van der Waals surface area contributed by atoms with Gasteiger partial charge in [-0.1, -0.05) is 30.3 Å². The zero-order valence-electron chi connectivity index (χ0n) is 10.6. The Morgan fingerprint density at radius 3 is 2.44 bits per heavy atom. The number of nitrogens with one attached hydrogen (secondary N) is 1. The SMILES string of the molecule is C[C@@H](NC1Cc2ccccc2C1)c1cccnc1. The standard InChI is InChI=1S/C16H18N2/c1-12(15-7-4-8-17-11-15)18-16-9-13-5-2-3-6-14(13)10-16/h2-8,11-12,16,18H,9-10H2,1H3/t12-/m1/s1. The van der Waals surface area contributed by atoms with Crippen LogP contribution in [0.1, 0.15) is 29.7 Å². The third-order valence-corrected chi connectivity index (χ3v) is 3.72. The van der Waals surface area contributed by atoms with Crippen LogP contribution in [0.2, 0.25) is 0 Å². The lowest BCUT2D eigenvalue weighted by molar-refractivity contribution is 0.467. The fourth-order valence-electron chi connectivity index (χ4n) is 2.76. The Bertz CT molecular complexity index is 497. The van der Waals surface area contributed by atoms with E-state index in [4.69, 9.17) is 0 Å². The molecule has 1 N–H and O–H groups in total. The van der Waals surface area contributed by atoms with Crippen LogP contribution < -0.4 is 5.32 Å². The van der Waals surface area contributed by atoms with Crippen LogP contribution in [0.25, 0.3) is 0 Å². The quantitative estimate of drug-likeness (QED) is 0.889. The zero-order chi connectivity index (χ0) is 12.4. The van der Waals surface area contributed by atoms with Gasteiger partial charge < -0.3 is 5.32 Å². The van der Waals surface area contributed by atoms with Gasteiger partial charge in [0.25, 0.3) is 0 Å². The first kappa shape index (κ1) is 11.4. The van der Waals surface area contributed by atoms with Gasteiger partial charge in [0.2, 0.25) is 0 Å². The molecule has 18 heavy (non-hydrogen) atoms. The molecule has 2 heteroatoms.